The van der Waals surface area contributed by atoms with Gasteiger partial charge in [-0.1, -0.05) is 13.3 Å². The molecule has 5 unspecified atom stereocenters. The van der Waals surface area contributed by atoms with Crippen LogP contribution in [0.25, 0.3) is 0 Å². The van der Waals surface area contributed by atoms with Gasteiger partial charge in [-0.15, -0.1) is 0 Å². The monoisotopic (exact) mass is 219 g/mol. The summed E-state index contributed by atoms with van der Waals surface area (Å²) in [6.07, 6.45) is 7.43. The highest BCUT2D eigenvalue weighted by molar-refractivity contribution is 5.21. The predicted octanol–water partition coefficient (Wildman–Crippen LogP) is 2.87. The van der Waals surface area contributed by atoms with Crippen molar-refractivity contribution in [1.29, 1.82) is 5.26 Å². The zero-order valence-electron chi connectivity index (χ0n) is 10.1. The Morgan fingerprint density at radius 1 is 1.25 bits per heavy atom. The normalized spacial score (nSPS) is 55.4. The molecule has 3 saturated carbocycles. The van der Waals surface area contributed by atoms with Crippen molar-refractivity contribution in [3.63, 3.8) is 0 Å². The fourth-order valence-corrected chi connectivity index (χ4v) is 4.81. The van der Waals surface area contributed by atoms with Crippen LogP contribution in [0.3, 0.4) is 0 Å². The van der Waals surface area contributed by atoms with Crippen LogP contribution in [0.5, 0.6) is 0 Å². The minimum atomic E-state index is -0.666. The topological polar surface area (TPSA) is 44.0 Å². The Balaban J connectivity index is 1.95. The van der Waals surface area contributed by atoms with E-state index in [0.29, 0.717) is 11.8 Å². The van der Waals surface area contributed by atoms with Crippen LogP contribution in [-0.4, -0.2) is 10.7 Å². The van der Waals surface area contributed by atoms with Crippen molar-refractivity contribution >= 4 is 0 Å². The smallest absolute Gasteiger partial charge is 0.0891 e. The van der Waals surface area contributed by atoms with Gasteiger partial charge in [0.15, 0.2) is 0 Å². The van der Waals surface area contributed by atoms with Gasteiger partial charge in [0, 0.05) is 0 Å². The zero-order chi connectivity index (χ0) is 11.4. The van der Waals surface area contributed by atoms with Crippen LogP contribution in [0.1, 0.15) is 51.9 Å². The molecule has 5 atom stereocenters. The molecule has 3 aliphatic rings. The Kier molecular flexibility index (Phi) is 2.14. The summed E-state index contributed by atoms with van der Waals surface area (Å²) in [5.41, 5.74) is -1.05. The number of fused-ring (bicyclic) bond motifs is 2. The van der Waals surface area contributed by atoms with Crippen LogP contribution in [0, 0.1) is 34.5 Å². The van der Waals surface area contributed by atoms with Crippen molar-refractivity contribution in [1.82, 2.24) is 0 Å². The van der Waals surface area contributed by atoms with Gasteiger partial charge in [-0.3, -0.25) is 0 Å². The Labute approximate surface area is 97.7 Å². The summed E-state index contributed by atoms with van der Waals surface area (Å²) in [7, 11) is 0. The van der Waals surface area contributed by atoms with Crippen LogP contribution >= 0.6 is 0 Å². The average Bonchev–Trinajstić information content (AvgIpc) is 2.93. The molecule has 2 heteroatoms. The molecule has 1 N–H and O–H groups in total. The lowest BCUT2D eigenvalue weighted by molar-refractivity contribution is -0.0786. The van der Waals surface area contributed by atoms with E-state index in [9.17, 15) is 10.4 Å². The Morgan fingerprint density at radius 2 is 2.06 bits per heavy atom. The van der Waals surface area contributed by atoms with Crippen LogP contribution in [0.15, 0.2) is 0 Å². The van der Waals surface area contributed by atoms with E-state index in [2.05, 4.69) is 13.0 Å². The highest BCUT2D eigenvalue weighted by Crippen LogP contribution is 2.63. The number of aliphatic hydroxyl groups is 1. The third kappa shape index (κ3) is 1.16. The highest BCUT2D eigenvalue weighted by atomic mass is 16.3. The molecule has 0 aromatic heterocycles. The Morgan fingerprint density at radius 3 is 2.50 bits per heavy atom. The van der Waals surface area contributed by atoms with E-state index in [1.54, 1.807) is 0 Å². The van der Waals surface area contributed by atoms with Crippen molar-refractivity contribution in [3.05, 3.63) is 0 Å². The second kappa shape index (κ2) is 3.23. The summed E-state index contributed by atoms with van der Waals surface area (Å²) in [5, 5.41) is 20.6. The first-order valence-corrected chi connectivity index (χ1v) is 6.73. The third-order valence-electron chi connectivity index (χ3n) is 5.62. The van der Waals surface area contributed by atoms with Crippen LogP contribution in [0.4, 0.5) is 0 Å². The van der Waals surface area contributed by atoms with E-state index < -0.39 is 5.60 Å². The van der Waals surface area contributed by atoms with Crippen molar-refractivity contribution in [2.75, 3.05) is 0 Å². The maximum Gasteiger partial charge on any atom is 0.0891 e. The molecule has 0 radical (unpaired) electrons. The molecule has 16 heavy (non-hydrogen) atoms. The maximum absolute atomic E-state index is 10.9. The molecular weight excluding hydrogens is 198 g/mol. The Bertz CT molecular complexity index is 347. The molecule has 3 aliphatic carbocycles. The van der Waals surface area contributed by atoms with Gasteiger partial charge >= 0.3 is 0 Å². The predicted molar refractivity (Wildman–Crippen MR) is 61.5 cm³/mol. The first kappa shape index (κ1) is 10.6. The van der Waals surface area contributed by atoms with Crippen LogP contribution in [-0.2, 0) is 0 Å². The van der Waals surface area contributed by atoms with E-state index in [0.717, 1.165) is 31.6 Å². The molecule has 0 spiro atoms. The van der Waals surface area contributed by atoms with E-state index in [1.807, 2.05) is 0 Å². The molecule has 3 fully saturated rings. The molecule has 0 aliphatic heterocycles. The van der Waals surface area contributed by atoms with Crippen molar-refractivity contribution in [3.8, 4) is 6.07 Å². The molecule has 2 nitrogen and oxygen atoms in total. The third-order valence-corrected chi connectivity index (χ3v) is 5.62. The van der Waals surface area contributed by atoms with E-state index >= 15 is 0 Å². The summed E-state index contributed by atoms with van der Waals surface area (Å²) < 4.78 is 0. The second-order valence-electron chi connectivity index (χ2n) is 6.54. The van der Waals surface area contributed by atoms with Crippen LogP contribution in [0.2, 0.25) is 0 Å². The quantitative estimate of drug-likeness (QED) is 0.737. The zero-order valence-corrected chi connectivity index (χ0v) is 10.1. The second-order valence-corrected chi connectivity index (χ2v) is 6.54. The molecule has 3 rings (SSSR count). The first-order valence-electron chi connectivity index (χ1n) is 6.73. The SMILES string of the molecule is CC1CCC(O)(C2(C#N)CC3CCC2C3)C1. The highest BCUT2D eigenvalue weighted by Gasteiger charge is 2.63. The van der Waals surface area contributed by atoms with Gasteiger partial charge in [0.1, 0.15) is 0 Å². The number of nitriles is 1. The standard InChI is InChI=1S/C14H21NO/c1-10-4-5-14(16,7-10)13(9-15)8-11-2-3-12(13)6-11/h10-12,16H,2-8H2,1H3. The van der Waals surface area contributed by atoms with Crippen LogP contribution < -0.4 is 0 Å². The van der Waals surface area contributed by atoms with E-state index in [4.69, 9.17) is 0 Å². The molecule has 0 amide bonds. The van der Waals surface area contributed by atoms with E-state index in [-0.39, 0.29) is 5.41 Å². The number of rotatable bonds is 1. The largest absolute Gasteiger partial charge is 0.388 e. The fourth-order valence-electron chi connectivity index (χ4n) is 4.81. The van der Waals surface area contributed by atoms with E-state index in [1.165, 1.54) is 19.3 Å². The van der Waals surface area contributed by atoms with Crippen molar-refractivity contribution in [2.24, 2.45) is 23.2 Å². The maximum atomic E-state index is 10.9. The summed E-state index contributed by atoms with van der Waals surface area (Å²) in [4.78, 5) is 0. The summed E-state index contributed by atoms with van der Waals surface area (Å²) >= 11 is 0. The van der Waals surface area contributed by atoms with Crippen molar-refractivity contribution < 1.29 is 5.11 Å². The van der Waals surface area contributed by atoms with Crippen molar-refractivity contribution in [2.45, 2.75) is 57.5 Å². The molecule has 0 heterocycles. The number of hydrogen-bond acceptors (Lipinski definition) is 2. The molecule has 0 aromatic carbocycles. The summed E-state index contributed by atoms with van der Waals surface area (Å²) in [6, 6.07) is 2.56. The molecule has 88 valence electrons. The average molecular weight is 219 g/mol. The first-order chi connectivity index (χ1) is 7.60. The lowest BCUT2D eigenvalue weighted by Crippen LogP contribution is -2.49. The lowest BCUT2D eigenvalue weighted by atomic mass is 9.62. The minimum absolute atomic E-state index is 0.388. The lowest BCUT2D eigenvalue weighted by Gasteiger charge is -2.43. The summed E-state index contributed by atoms with van der Waals surface area (Å²) in [6.45, 7) is 2.20. The van der Waals surface area contributed by atoms with Gasteiger partial charge in [-0.2, -0.15) is 5.26 Å². The molecule has 0 aromatic rings. The van der Waals surface area contributed by atoms with Gasteiger partial charge in [0.05, 0.1) is 17.1 Å². The van der Waals surface area contributed by atoms with Gasteiger partial charge in [-0.05, 0) is 56.3 Å². The molecule has 2 bridgehead atoms. The number of hydrogen-bond donors (Lipinski definition) is 1. The Hall–Kier alpha value is -0.550. The fraction of sp³-hybridized carbons (Fsp3) is 0.929. The van der Waals surface area contributed by atoms with Gasteiger partial charge in [0.2, 0.25) is 0 Å². The molecular formula is C14H21NO. The summed E-state index contributed by atoms with van der Waals surface area (Å²) in [5.74, 6) is 1.80. The van der Waals surface area contributed by atoms with Gasteiger partial charge in [0.25, 0.3) is 0 Å². The van der Waals surface area contributed by atoms with Gasteiger partial charge < -0.3 is 5.11 Å². The molecule has 0 saturated heterocycles. The van der Waals surface area contributed by atoms with Gasteiger partial charge in [-0.25, -0.2) is 0 Å². The number of nitrogens with zero attached hydrogens (tertiary/aromatic N) is 1. The minimum Gasteiger partial charge on any atom is -0.388 e.